The van der Waals surface area contributed by atoms with Gasteiger partial charge in [0.2, 0.25) is 10.0 Å². The summed E-state index contributed by atoms with van der Waals surface area (Å²) in [6.07, 6.45) is 6.40. The van der Waals surface area contributed by atoms with Crippen molar-refractivity contribution in [3.63, 3.8) is 0 Å². The molecular weight excluding hydrogens is 397 g/mol. The molecule has 1 unspecified atom stereocenters. The number of nitrogens with zero attached hydrogens (tertiary/aromatic N) is 1. The first-order valence-electron chi connectivity index (χ1n) is 11.4. The summed E-state index contributed by atoms with van der Waals surface area (Å²) in [4.78, 5) is 0.411. The minimum atomic E-state index is -3.39. The second kappa shape index (κ2) is 7.61. The average molecular weight is 433 g/mol. The van der Waals surface area contributed by atoms with E-state index < -0.39 is 10.0 Å². The molecule has 3 aliphatic rings. The number of aryl methyl sites for hydroxylation is 1. The molecule has 1 aromatic carbocycles. The van der Waals surface area contributed by atoms with Gasteiger partial charge in [-0.25, -0.2) is 8.42 Å². The third-order valence-corrected chi connectivity index (χ3v) is 9.99. The van der Waals surface area contributed by atoms with Gasteiger partial charge in [-0.1, -0.05) is 24.1 Å². The first-order valence-corrected chi connectivity index (χ1v) is 12.8. The molecule has 0 N–H and O–H groups in total. The number of piperidine rings is 1. The van der Waals surface area contributed by atoms with Gasteiger partial charge in [0.15, 0.2) is 0 Å². The third kappa shape index (κ3) is 4.11. The van der Waals surface area contributed by atoms with Crippen LogP contribution in [0.25, 0.3) is 0 Å². The maximum Gasteiger partial charge on any atom is 0.458 e. The fourth-order valence-corrected chi connectivity index (χ4v) is 6.82. The van der Waals surface area contributed by atoms with Crippen molar-refractivity contribution >= 4 is 17.1 Å². The van der Waals surface area contributed by atoms with Crippen LogP contribution in [0.3, 0.4) is 0 Å². The average Bonchev–Trinajstić information content (AvgIpc) is 3.12. The molecule has 2 heterocycles. The van der Waals surface area contributed by atoms with Crippen molar-refractivity contribution in [2.75, 3.05) is 13.1 Å². The number of rotatable bonds is 4. The zero-order valence-corrected chi connectivity index (χ0v) is 19.9. The lowest BCUT2D eigenvalue weighted by molar-refractivity contribution is 0.00578. The Labute approximate surface area is 182 Å². The van der Waals surface area contributed by atoms with E-state index in [1.165, 1.54) is 12.8 Å². The lowest BCUT2D eigenvalue weighted by Crippen LogP contribution is -2.42. The summed E-state index contributed by atoms with van der Waals surface area (Å²) in [6.45, 7) is 11.6. The standard InChI is InChI=1S/C23H36BNO4S/c1-18-6-8-20(9-7-18)30(26,27)25-14-12-23(13-15-25)11-10-19(16-23)17-24-28-21(2,3)22(4,5)29-24/h6-9,19H,10-17H2,1-5H3. The Morgan fingerprint density at radius 1 is 1.00 bits per heavy atom. The van der Waals surface area contributed by atoms with Crippen molar-refractivity contribution in [2.24, 2.45) is 11.3 Å². The van der Waals surface area contributed by atoms with Crippen LogP contribution in [0.5, 0.6) is 0 Å². The molecule has 0 radical (unpaired) electrons. The van der Waals surface area contributed by atoms with E-state index in [0.717, 1.165) is 31.1 Å². The lowest BCUT2D eigenvalue weighted by Gasteiger charge is -2.39. The molecule has 5 nitrogen and oxygen atoms in total. The Morgan fingerprint density at radius 2 is 1.57 bits per heavy atom. The van der Waals surface area contributed by atoms with Crippen molar-refractivity contribution in [1.82, 2.24) is 4.31 Å². The summed E-state index contributed by atoms with van der Waals surface area (Å²) in [7, 11) is -3.52. The van der Waals surface area contributed by atoms with Crippen molar-refractivity contribution in [2.45, 2.75) is 89.1 Å². The molecule has 3 fully saturated rings. The summed E-state index contributed by atoms with van der Waals surface area (Å²) >= 11 is 0. The van der Waals surface area contributed by atoms with Gasteiger partial charge in [0.25, 0.3) is 0 Å². The van der Waals surface area contributed by atoms with Crippen molar-refractivity contribution in [3.8, 4) is 0 Å². The summed E-state index contributed by atoms with van der Waals surface area (Å²) < 4.78 is 40.1. The van der Waals surface area contributed by atoms with E-state index in [1.807, 2.05) is 19.1 Å². The zero-order valence-electron chi connectivity index (χ0n) is 19.1. The van der Waals surface area contributed by atoms with Gasteiger partial charge in [-0.3, -0.25) is 0 Å². The maximum absolute atomic E-state index is 13.0. The first kappa shape index (κ1) is 22.3. The van der Waals surface area contributed by atoms with Gasteiger partial charge in [0.1, 0.15) is 0 Å². The van der Waals surface area contributed by atoms with E-state index >= 15 is 0 Å². The highest BCUT2D eigenvalue weighted by Gasteiger charge is 2.52. The smallest absolute Gasteiger partial charge is 0.403 e. The second-order valence-corrected chi connectivity index (χ2v) is 12.7. The van der Waals surface area contributed by atoms with E-state index in [-0.39, 0.29) is 23.7 Å². The van der Waals surface area contributed by atoms with Crippen molar-refractivity contribution in [1.29, 1.82) is 0 Å². The Hall–Kier alpha value is -0.885. The van der Waals surface area contributed by atoms with Crippen LogP contribution in [-0.2, 0) is 19.3 Å². The van der Waals surface area contributed by atoms with Crippen LogP contribution in [-0.4, -0.2) is 44.1 Å². The zero-order chi connectivity index (χ0) is 21.8. The van der Waals surface area contributed by atoms with E-state index in [0.29, 0.717) is 23.9 Å². The summed E-state index contributed by atoms with van der Waals surface area (Å²) in [6, 6.07) is 7.20. The Bertz CT molecular complexity index is 857. The lowest BCUT2D eigenvalue weighted by atomic mass is 9.72. The third-order valence-electron chi connectivity index (χ3n) is 8.07. The predicted octanol–water partition coefficient (Wildman–Crippen LogP) is 4.66. The fraction of sp³-hybridized carbons (Fsp3) is 0.739. The van der Waals surface area contributed by atoms with E-state index in [4.69, 9.17) is 9.31 Å². The first-order chi connectivity index (χ1) is 13.9. The highest BCUT2D eigenvalue weighted by molar-refractivity contribution is 7.89. The topological polar surface area (TPSA) is 55.8 Å². The Kier molecular flexibility index (Phi) is 5.66. The predicted molar refractivity (Wildman–Crippen MR) is 120 cm³/mol. The quantitative estimate of drug-likeness (QED) is 0.649. The van der Waals surface area contributed by atoms with Gasteiger partial charge in [0.05, 0.1) is 16.1 Å². The molecule has 30 heavy (non-hydrogen) atoms. The molecule has 0 aromatic heterocycles. The monoisotopic (exact) mass is 433 g/mol. The maximum atomic E-state index is 13.0. The molecule has 0 amide bonds. The molecular formula is C23H36BNO4S. The minimum absolute atomic E-state index is 0.128. The molecule has 4 rings (SSSR count). The number of hydrogen-bond acceptors (Lipinski definition) is 4. The van der Waals surface area contributed by atoms with E-state index in [9.17, 15) is 8.42 Å². The van der Waals surface area contributed by atoms with Crippen LogP contribution in [0.2, 0.25) is 6.32 Å². The molecule has 1 saturated carbocycles. The summed E-state index contributed by atoms with van der Waals surface area (Å²) in [5.74, 6) is 0.597. The molecule has 1 atom stereocenters. The van der Waals surface area contributed by atoms with Crippen LogP contribution >= 0.6 is 0 Å². The van der Waals surface area contributed by atoms with Crippen LogP contribution in [0.4, 0.5) is 0 Å². The number of hydrogen-bond donors (Lipinski definition) is 0. The molecule has 1 aliphatic carbocycles. The fourth-order valence-electron chi connectivity index (χ4n) is 5.38. The molecule has 7 heteroatoms. The Balaban J connectivity index is 1.34. The van der Waals surface area contributed by atoms with Gasteiger partial charge in [0, 0.05) is 13.1 Å². The van der Waals surface area contributed by atoms with Gasteiger partial charge >= 0.3 is 7.12 Å². The largest absolute Gasteiger partial charge is 0.458 e. The van der Waals surface area contributed by atoms with Crippen LogP contribution in [0.15, 0.2) is 29.2 Å². The highest BCUT2D eigenvalue weighted by atomic mass is 32.2. The van der Waals surface area contributed by atoms with Crippen LogP contribution in [0.1, 0.15) is 65.4 Å². The van der Waals surface area contributed by atoms with Crippen molar-refractivity contribution < 1.29 is 17.7 Å². The molecule has 1 aromatic rings. The SMILES string of the molecule is Cc1ccc(S(=O)(=O)N2CCC3(CCC(CB4OC(C)(C)C(C)(C)O4)C3)CC2)cc1. The second-order valence-electron chi connectivity index (χ2n) is 10.7. The van der Waals surface area contributed by atoms with Gasteiger partial charge in [-0.15, -0.1) is 0 Å². The van der Waals surface area contributed by atoms with Gasteiger partial charge in [-0.2, -0.15) is 4.31 Å². The summed E-state index contributed by atoms with van der Waals surface area (Å²) in [5.41, 5.74) is 0.812. The Morgan fingerprint density at radius 3 is 2.13 bits per heavy atom. The highest BCUT2D eigenvalue weighted by Crippen LogP contribution is 2.51. The molecule has 166 valence electrons. The number of sulfonamides is 1. The van der Waals surface area contributed by atoms with Gasteiger partial charge in [-0.05, 0) is 90.1 Å². The minimum Gasteiger partial charge on any atom is -0.403 e. The van der Waals surface area contributed by atoms with Crippen molar-refractivity contribution in [3.05, 3.63) is 29.8 Å². The van der Waals surface area contributed by atoms with E-state index in [2.05, 4.69) is 27.7 Å². The number of benzene rings is 1. The van der Waals surface area contributed by atoms with Crippen LogP contribution < -0.4 is 0 Å². The van der Waals surface area contributed by atoms with Crippen LogP contribution in [0, 0.1) is 18.3 Å². The molecule has 2 saturated heterocycles. The molecule has 1 spiro atoms. The normalized spacial score (nSPS) is 28.3. The molecule has 0 bridgehead atoms. The van der Waals surface area contributed by atoms with Gasteiger partial charge < -0.3 is 9.31 Å². The van der Waals surface area contributed by atoms with E-state index in [1.54, 1.807) is 16.4 Å². The summed E-state index contributed by atoms with van der Waals surface area (Å²) in [5, 5.41) is 0. The molecule has 2 aliphatic heterocycles.